The van der Waals surface area contributed by atoms with Crippen molar-refractivity contribution < 1.29 is 26.8 Å². The van der Waals surface area contributed by atoms with Crippen LogP contribution in [0.3, 0.4) is 0 Å². The van der Waals surface area contributed by atoms with Crippen LogP contribution in [0.15, 0.2) is 12.1 Å². The van der Waals surface area contributed by atoms with Crippen molar-refractivity contribution in [1.82, 2.24) is 4.90 Å². The number of phenols is 1. The van der Waals surface area contributed by atoms with E-state index in [4.69, 9.17) is 17.3 Å². The summed E-state index contributed by atoms with van der Waals surface area (Å²) in [4.78, 5) is 14.4. The number of hydrogen-bond acceptors (Lipinski definition) is 4. The van der Waals surface area contributed by atoms with Gasteiger partial charge in [-0.2, -0.15) is 0 Å². The fraction of sp³-hybridized carbons (Fsp3) is 0.500. The molecule has 4 N–H and O–H groups in total. The quantitative estimate of drug-likeness (QED) is 0.334. The Labute approximate surface area is 141 Å². The molecule has 0 spiro atoms. The number of nitrogens with one attached hydrogen (secondary N) is 1. The number of hydrogen-bond donors (Lipinski definition) is 3. The van der Waals surface area contributed by atoms with E-state index in [-0.39, 0.29) is 29.8 Å². The lowest BCUT2D eigenvalue weighted by atomic mass is 10.2. The average molecular weight is 349 g/mol. The van der Waals surface area contributed by atoms with Gasteiger partial charge in [0.2, 0.25) is 0 Å². The van der Waals surface area contributed by atoms with Crippen molar-refractivity contribution >= 4 is 28.9 Å². The molecule has 22 heavy (non-hydrogen) atoms. The number of likely N-dealkylation sites (N-methyl/N-ethyl adjacent to an activating group) is 2. The van der Waals surface area contributed by atoms with Gasteiger partial charge in [0.1, 0.15) is 5.75 Å². The number of nitrogens with zero attached hydrogens (tertiary/aromatic N) is 2. The third-order valence-corrected chi connectivity index (χ3v) is 4.28. The number of rotatable bonds is 3. The number of aromatic hydroxyl groups is 1. The summed E-state index contributed by atoms with van der Waals surface area (Å²) in [5.41, 5.74) is 6.17. The average Bonchev–Trinajstić information content (AvgIpc) is 2.39. The molecule has 0 radical (unpaired) electrons. The molecule has 0 saturated carbocycles. The van der Waals surface area contributed by atoms with Crippen LogP contribution < -0.4 is 23.5 Å². The van der Waals surface area contributed by atoms with E-state index >= 15 is 0 Å². The zero-order chi connectivity index (χ0) is 15.6. The molecule has 0 atom stereocenters. The Bertz CT molecular complexity index is 546. The maximum Gasteiger partial charge on any atom is 0.279 e. The molecular formula is C14H22Cl2N4O2. The van der Waals surface area contributed by atoms with Gasteiger partial charge in [0.25, 0.3) is 5.91 Å². The number of piperazine rings is 1. The molecule has 1 heterocycles. The third-order valence-electron chi connectivity index (χ3n) is 3.96. The van der Waals surface area contributed by atoms with E-state index in [1.165, 1.54) is 12.1 Å². The number of phenolic OH excluding ortho intramolecular Hbond substituents is 1. The first-order valence-corrected chi connectivity index (χ1v) is 7.27. The highest BCUT2D eigenvalue weighted by Crippen LogP contribution is 2.31. The fourth-order valence-electron chi connectivity index (χ4n) is 2.42. The Kier molecular flexibility index (Phi) is 6.31. The lowest BCUT2D eigenvalue weighted by Crippen LogP contribution is -3.00. The van der Waals surface area contributed by atoms with Crippen LogP contribution in [-0.4, -0.2) is 67.2 Å². The predicted octanol–water partition coefficient (Wildman–Crippen LogP) is -2.04. The number of halogens is 2. The molecule has 0 bridgehead atoms. The van der Waals surface area contributed by atoms with Crippen LogP contribution in [0.25, 0.3) is 0 Å². The predicted molar refractivity (Wildman–Crippen MR) is 84.4 cm³/mol. The van der Waals surface area contributed by atoms with E-state index in [0.29, 0.717) is 21.7 Å². The molecule has 0 unspecified atom stereocenters. The van der Waals surface area contributed by atoms with Crippen molar-refractivity contribution in [3.63, 3.8) is 0 Å². The minimum absolute atomic E-state index is 0. The normalized spacial score (nSPS) is 17.6. The molecule has 1 aromatic rings. The van der Waals surface area contributed by atoms with Gasteiger partial charge in [-0.05, 0) is 13.1 Å². The van der Waals surface area contributed by atoms with Gasteiger partial charge in [-0.3, -0.25) is 9.69 Å². The molecule has 1 saturated heterocycles. The first-order valence-electron chi connectivity index (χ1n) is 6.89. The minimum Gasteiger partial charge on any atom is -1.00 e. The van der Waals surface area contributed by atoms with Crippen molar-refractivity contribution in [2.75, 3.05) is 57.9 Å². The largest absolute Gasteiger partial charge is 1.00 e. The lowest BCUT2D eigenvalue weighted by Gasteiger charge is -2.40. The van der Waals surface area contributed by atoms with Gasteiger partial charge >= 0.3 is 0 Å². The summed E-state index contributed by atoms with van der Waals surface area (Å²) >= 11 is 5.91. The third kappa shape index (κ3) is 4.64. The molecule has 1 amide bonds. The highest BCUT2D eigenvalue weighted by atomic mass is 35.5. The standard InChI is InChI=1S/C14H21ClN4O2.ClH/c1-18-3-5-19(2,6-4-18)9-14(21)17-12-7-10(15)11(16)8-13(12)20;/h7-8H,3-6,9,16H2,1-2H3,(H-,17,20,21);1H. The van der Waals surface area contributed by atoms with Crippen LogP contribution in [0.2, 0.25) is 5.02 Å². The lowest BCUT2D eigenvalue weighted by molar-refractivity contribution is -0.905. The Morgan fingerprint density at radius 1 is 1.45 bits per heavy atom. The van der Waals surface area contributed by atoms with Crippen molar-refractivity contribution in [1.29, 1.82) is 0 Å². The number of carbonyl (C=O) groups is 1. The van der Waals surface area contributed by atoms with Crippen LogP contribution in [0.5, 0.6) is 5.75 Å². The molecule has 1 aromatic carbocycles. The number of carbonyl (C=O) groups excluding carboxylic acids is 1. The number of quaternary nitrogens is 1. The number of amides is 1. The first-order chi connectivity index (χ1) is 9.79. The van der Waals surface area contributed by atoms with Crippen LogP contribution in [0.4, 0.5) is 11.4 Å². The Morgan fingerprint density at radius 3 is 2.64 bits per heavy atom. The maximum absolute atomic E-state index is 12.2. The van der Waals surface area contributed by atoms with E-state index in [1.54, 1.807) is 0 Å². The maximum atomic E-state index is 12.2. The fourth-order valence-corrected chi connectivity index (χ4v) is 2.58. The van der Waals surface area contributed by atoms with Gasteiger partial charge in [0, 0.05) is 19.2 Å². The molecule has 1 aliphatic rings. The van der Waals surface area contributed by atoms with Crippen LogP contribution in [0, 0.1) is 0 Å². The van der Waals surface area contributed by atoms with E-state index in [0.717, 1.165) is 26.2 Å². The zero-order valence-electron chi connectivity index (χ0n) is 12.8. The van der Waals surface area contributed by atoms with Crippen molar-refractivity contribution in [3.8, 4) is 5.75 Å². The van der Waals surface area contributed by atoms with Crippen molar-refractivity contribution in [2.45, 2.75) is 0 Å². The van der Waals surface area contributed by atoms with Gasteiger partial charge in [0.15, 0.2) is 6.54 Å². The molecule has 124 valence electrons. The van der Waals surface area contributed by atoms with E-state index < -0.39 is 0 Å². The van der Waals surface area contributed by atoms with Gasteiger partial charge in [-0.25, -0.2) is 0 Å². The monoisotopic (exact) mass is 348 g/mol. The molecule has 1 aliphatic heterocycles. The van der Waals surface area contributed by atoms with Gasteiger partial charge in [0.05, 0.1) is 36.5 Å². The highest BCUT2D eigenvalue weighted by Gasteiger charge is 2.29. The smallest absolute Gasteiger partial charge is 0.279 e. The second-order valence-corrected chi connectivity index (χ2v) is 6.37. The highest BCUT2D eigenvalue weighted by molar-refractivity contribution is 6.33. The summed E-state index contributed by atoms with van der Waals surface area (Å²) in [5.74, 6) is -0.218. The second-order valence-electron chi connectivity index (χ2n) is 5.97. The molecular weight excluding hydrogens is 327 g/mol. The Balaban J connectivity index is 0.00000242. The molecule has 0 aromatic heterocycles. The van der Waals surface area contributed by atoms with E-state index in [9.17, 15) is 9.90 Å². The van der Waals surface area contributed by atoms with Crippen molar-refractivity contribution in [2.24, 2.45) is 0 Å². The van der Waals surface area contributed by atoms with E-state index in [2.05, 4.69) is 24.3 Å². The van der Waals surface area contributed by atoms with E-state index in [1.807, 2.05) is 0 Å². The summed E-state index contributed by atoms with van der Waals surface area (Å²) in [7, 11) is 4.15. The van der Waals surface area contributed by atoms with Crippen LogP contribution >= 0.6 is 11.6 Å². The topological polar surface area (TPSA) is 78.6 Å². The SMILES string of the molecule is CN1CC[N+](C)(CC(=O)Nc2cc(Cl)c(N)cc2O)CC1.[Cl-]. The van der Waals surface area contributed by atoms with Crippen LogP contribution in [0.1, 0.15) is 0 Å². The Morgan fingerprint density at radius 2 is 2.05 bits per heavy atom. The Hall–Kier alpha value is -1.21. The summed E-state index contributed by atoms with van der Waals surface area (Å²) in [6.07, 6.45) is 0. The molecule has 2 rings (SSSR count). The molecule has 1 fully saturated rings. The van der Waals surface area contributed by atoms with Gasteiger partial charge in [-0.1, -0.05) is 11.6 Å². The second kappa shape index (κ2) is 7.37. The van der Waals surface area contributed by atoms with Crippen molar-refractivity contribution in [3.05, 3.63) is 17.2 Å². The molecule has 8 heteroatoms. The summed E-state index contributed by atoms with van der Waals surface area (Å²) < 4.78 is 0.694. The number of anilines is 2. The molecule has 0 aliphatic carbocycles. The summed E-state index contributed by atoms with van der Waals surface area (Å²) in [6.45, 7) is 4.18. The molecule has 6 nitrogen and oxygen atoms in total. The minimum atomic E-state index is -0.141. The van der Waals surface area contributed by atoms with Gasteiger partial charge < -0.3 is 33.0 Å². The number of nitrogens with two attached hydrogens (primary N) is 1. The number of nitrogen functional groups attached to an aromatic ring is 1. The first kappa shape index (κ1) is 18.8. The summed E-state index contributed by atoms with van der Waals surface area (Å²) in [6, 6.07) is 2.80. The van der Waals surface area contributed by atoms with Gasteiger partial charge in [-0.15, -0.1) is 0 Å². The van der Waals surface area contributed by atoms with Crippen LogP contribution in [-0.2, 0) is 4.79 Å². The summed E-state index contributed by atoms with van der Waals surface area (Å²) in [5, 5.41) is 12.8. The number of benzene rings is 1. The zero-order valence-corrected chi connectivity index (χ0v) is 14.3.